The number of carbonyl (C=O) groups is 1. The van der Waals surface area contributed by atoms with E-state index in [-0.39, 0.29) is 12.5 Å². The Bertz CT molecular complexity index is 397. The first-order valence-corrected chi connectivity index (χ1v) is 6.29. The normalized spacial score (nSPS) is 16.9. The highest BCUT2D eigenvalue weighted by molar-refractivity contribution is 5.92. The van der Waals surface area contributed by atoms with Crippen molar-refractivity contribution in [1.29, 1.82) is 0 Å². The number of pyridine rings is 1. The van der Waals surface area contributed by atoms with Crippen LogP contribution < -0.4 is 5.73 Å². The summed E-state index contributed by atoms with van der Waals surface area (Å²) in [7, 11) is 0. The van der Waals surface area contributed by atoms with Gasteiger partial charge in [-0.1, -0.05) is 6.07 Å². The number of aliphatic hydroxyl groups is 1. The van der Waals surface area contributed by atoms with E-state index in [0.717, 1.165) is 18.4 Å². The fourth-order valence-electron chi connectivity index (χ4n) is 2.15. The summed E-state index contributed by atoms with van der Waals surface area (Å²) in [5.41, 5.74) is 6.88. The van der Waals surface area contributed by atoms with Crippen LogP contribution in [0, 0.1) is 5.92 Å². The molecule has 0 unspecified atom stereocenters. The summed E-state index contributed by atoms with van der Waals surface area (Å²) in [6, 6.07) is 3.56. The van der Waals surface area contributed by atoms with Gasteiger partial charge in [-0.25, -0.2) is 0 Å². The Hall–Kier alpha value is -1.46. The van der Waals surface area contributed by atoms with Crippen LogP contribution in [0.15, 0.2) is 18.3 Å². The topological polar surface area (TPSA) is 79.5 Å². The van der Waals surface area contributed by atoms with Crippen molar-refractivity contribution in [3.63, 3.8) is 0 Å². The van der Waals surface area contributed by atoms with Gasteiger partial charge in [0.05, 0.1) is 0 Å². The molecule has 0 spiro atoms. The SMILES string of the molecule is NCc1ccc(C(=O)N2CCC(CO)CC2)nc1. The summed E-state index contributed by atoms with van der Waals surface area (Å²) >= 11 is 0. The Labute approximate surface area is 107 Å². The molecule has 0 saturated carbocycles. The molecule has 0 aliphatic carbocycles. The lowest BCUT2D eigenvalue weighted by Gasteiger charge is -2.30. The predicted molar refractivity (Wildman–Crippen MR) is 67.8 cm³/mol. The van der Waals surface area contributed by atoms with Crippen molar-refractivity contribution in [2.45, 2.75) is 19.4 Å². The monoisotopic (exact) mass is 249 g/mol. The number of rotatable bonds is 3. The van der Waals surface area contributed by atoms with Crippen molar-refractivity contribution in [3.05, 3.63) is 29.6 Å². The number of carbonyl (C=O) groups excluding carboxylic acids is 1. The molecule has 1 aromatic rings. The van der Waals surface area contributed by atoms with Crippen LogP contribution >= 0.6 is 0 Å². The summed E-state index contributed by atoms with van der Waals surface area (Å²) in [5, 5.41) is 9.06. The minimum Gasteiger partial charge on any atom is -0.396 e. The van der Waals surface area contributed by atoms with Crippen molar-refractivity contribution in [2.75, 3.05) is 19.7 Å². The third kappa shape index (κ3) is 2.86. The minimum absolute atomic E-state index is 0.0324. The smallest absolute Gasteiger partial charge is 0.272 e. The molecule has 2 heterocycles. The van der Waals surface area contributed by atoms with Gasteiger partial charge in [0.1, 0.15) is 5.69 Å². The van der Waals surface area contributed by atoms with Gasteiger partial charge in [0, 0.05) is 32.4 Å². The zero-order valence-electron chi connectivity index (χ0n) is 10.4. The number of piperidine rings is 1. The average molecular weight is 249 g/mol. The summed E-state index contributed by atoms with van der Waals surface area (Å²) in [5.74, 6) is 0.302. The van der Waals surface area contributed by atoms with Crippen LogP contribution in [0.5, 0.6) is 0 Å². The molecule has 3 N–H and O–H groups in total. The van der Waals surface area contributed by atoms with E-state index in [9.17, 15) is 4.79 Å². The number of hydrogen-bond donors (Lipinski definition) is 2. The average Bonchev–Trinajstić information content (AvgIpc) is 2.47. The van der Waals surface area contributed by atoms with E-state index >= 15 is 0 Å². The lowest BCUT2D eigenvalue weighted by atomic mass is 9.98. The van der Waals surface area contributed by atoms with Gasteiger partial charge in [-0.2, -0.15) is 0 Å². The lowest BCUT2D eigenvalue weighted by Crippen LogP contribution is -2.39. The molecule has 1 saturated heterocycles. The van der Waals surface area contributed by atoms with Crippen LogP contribution in [0.3, 0.4) is 0 Å². The van der Waals surface area contributed by atoms with Gasteiger partial charge in [0.25, 0.3) is 5.91 Å². The van der Waals surface area contributed by atoms with Crippen molar-refractivity contribution < 1.29 is 9.90 Å². The van der Waals surface area contributed by atoms with Crippen LogP contribution in [0.4, 0.5) is 0 Å². The third-order valence-electron chi connectivity index (χ3n) is 3.44. The molecule has 0 atom stereocenters. The second-order valence-corrected chi connectivity index (χ2v) is 4.67. The fourth-order valence-corrected chi connectivity index (χ4v) is 2.15. The number of aromatic nitrogens is 1. The van der Waals surface area contributed by atoms with Gasteiger partial charge in [-0.05, 0) is 30.4 Å². The van der Waals surface area contributed by atoms with E-state index in [1.165, 1.54) is 0 Å². The quantitative estimate of drug-likeness (QED) is 0.812. The molecule has 0 bridgehead atoms. The van der Waals surface area contributed by atoms with Gasteiger partial charge in [-0.3, -0.25) is 9.78 Å². The van der Waals surface area contributed by atoms with E-state index in [2.05, 4.69) is 4.98 Å². The van der Waals surface area contributed by atoms with Gasteiger partial charge in [0.2, 0.25) is 0 Å². The molecule has 5 nitrogen and oxygen atoms in total. The van der Waals surface area contributed by atoms with Crippen molar-refractivity contribution in [2.24, 2.45) is 11.7 Å². The molecule has 5 heteroatoms. The molecule has 2 rings (SSSR count). The summed E-state index contributed by atoms with van der Waals surface area (Å²) in [6.45, 7) is 2.05. The summed E-state index contributed by atoms with van der Waals surface area (Å²) < 4.78 is 0. The van der Waals surface area contributed by atoms with E-state index in [1.807, 2.05) is 6.07 Å². The van der Waals surface area contributed by atoms with Gasteiger partial charge >= 0.3 is 0 Å². The highest BCUT2D eigenvalue weighted by Crippen LogP contribution is 2.17. The number of hydrogen-bond acceptors (Lipinski definition) is 4. The number of likely N-dealkylation sites (tertiary alicyclic amines) is 1. The van der Waals surface area contributed by atoms with Crippen molar-refractivity contribution >= 4 is 5.91 Å². The first-order valence-electron chi connectivity index (χ1n) is 6.29. The Kier molecular flexibility index (Phi) is 4.28. The van der Waals surface area contributed by atoms with Gasteiger partial charge < -0.3 is 15.7 Å². The fraction of sp³-hybridized carbons (Fsp3) is 0.538. The second kappa shape index (κ2) is 5.93. The predicted octanol–water partition coefficient (Wildman–Crippen LogP) is 0.385. The first-order chi connectivity index (χ1) is 8.74. The Morgan fingerprint density at radius 2 is 2.17 bits per heavy atom. The molecule has 1 aliphatic heterocycles. The number of nitrogens with two attached hydrogens (primary N) is 1. The molecule has 1 amide bonds. The molecule has 0 radical (unpaired) electrons. The summed E-state index contributed by atoms with van der Waals surface area (Å²) in [6.07, 6.45) is 3.37. The zero-order chi connectivity index (χ0) is 13.0. The first kappa shape index (κ1) is 13.0. The standard InChI is InChI=1S/C13H19N3O2/c14-7-11-1-2-12(15-8-11)13(18)16-5-3-10(9-17)4-6-16/h1-2,8,10,17H,3-7,9,14H2. The maximum absolute atomic E-state index is 12.2. The van der Waals surface area contributed by atoms with E-state index < -0.39 is 0 Å². The van der Waals surface area contributed by atoms with E-state index in [1.54, 1.807) is 17.2 Å². The summed E-state index contributed by atoms with van der Waals surface area (Å²) in [4.78, 5) is 18.1. The molecule has 1 aromatic heterocycles. The van der Waals surface area contributed by atoms with Crippen LogP contribution in [0.2, 0.25) is 0 Å². The van der Waals surface area contributed by atoms with Crippen LogP contribution in [-0.4, -0.2) is 40.6 Å². The molecular weight excluding hydrogens is 230 g/mol. The van der Waals surface area contributed by atoms with Gasteiger partial charge in [0.15, 0.2) is 0 Å². The highest BCUT2D eigenvalue weighted by Gasteiger charge is 2.23. The Morgan fingerprint density at radius 3 is 2.67 bits per heavy atom. The van der Waals surface area contributed by atoms with Crippen molar-refractivity contribution in [3.8, 4) is 0 Å². The largest absolute Gasteiger partial charge is 0.396 e. The number of nitrogens with zero attached hydrogens (tertiary/aromatic N) is 2. The maximum atomic E-state index is 12.2. The van der Waals surface area contributed by atoms with Crippen LogP contribution in [0.1, 0.15) is 28.9 Å². The second-order valence-electron chi connectivity index (χ2n) is 4.67. The van der Waals surface area contributed by atoms with E-state index in [0.29, 0.717) is 31.2 Å². The van der Waals surface area contributed by atoms with Crippen LogP contribution in [-0.2, 0) is 6.54 Å². The number of aliphatic hydroxyl groups excluding tert-OH is 1. The third-order valence-corrected chi connectivity index (χ3v) is 3.44. The number of amides is 1. The maximum Gasteiger partial charge on any atom is 0.272 e. The van der Waals surface area contributed by atoms with Gasteiger partial charge in [-0.15, -0.1) is 0 Å². The molecule has 18 heavy (non-hydrogen) atoms. The molecule has 1 aliphatic rings. The zero-order valence-corrected chi connectivity index (χ0v) is 10.4. The minimum atomic E-state index is -0.0324. The Balaban J connectivity index is 1.98. The Morgan fingerprint density at radius 1 is 1.44 bits per heavy atom. The van der Waals surface area contributed by atoms with Crippen LogP contribution in [0.25, 0.3) is 0 Å². The molecule has 0 aromatic carbocycles. The van der Waals surface area contributed by atoms with Crippen molar-refractivity contribution in [1.82, 2.24) is 9.88 Å². The molecule has 1 fully saturated rings. The highest BCUT2D eigenvalue weighted by atomic mass is 16.3. The lowest BCUT2D eigenvalue weighted by molar-refractivity contribution is 0.0645. The van der Waals surface area contributed by atoms with E-state index in [4.69, 9.17) is 10.8 Å². The molecular formula is C13H19N3O2. The molecule has 98 valence electrons.